The Hall–Kier alpha value is -3.71. The maximum atomic E-state index is 13.6. The van der Waals surface area contributed by atoms with Gasteiger partial charge in [-0.25, -0.2) is 14.6 Å². The van der Waals surface area contributed by atoms with E-state index in [2.05, 4.69) is 10.5 Å². The number of amides is 1. The Morgan fingerprint density at radius 3 is 2.52 bits per heavy atom. The summed E-state index contributed by atoms with van der Waals surface area (Å²) in [6.45, 7) is 2.14. The second-order valence-corrected chi connectivity index (χ2v) is 6.65. The molecule has 0 saturated carbocycles. The van der Waals surface area contributed by atoms with Gasteiger partial charge in [0.05, 0.1) is 23.9 Å². The molecule has 3 aromatic carbocycles. The van der Waals surface area contributed by atoms with E-state index in [1.165, 1.54) is 24.4 Å². The van der Waals surface area contributed by atoms with Gasteiger partial charge in [0.1, 0.15) is 5.82 Å². The van der Waals surface area contributed by atoms with Crippen LogP contribution in [0.4, 0.5) is 4.39 Å². The molecule has 0 atom stereocenters. The van der Waals surface area contributed by atoms with Gasteiger partial charge in [-0.15, -0.1) is 0 Å². The lowest BCUT2D eigenvalue weighted by Gasteiger charge is -2.11. The normalized spacial score (nSPS) is 10.7. The predicted molar refractivity (Wildman–Crippen MR) is 115 cm³/mol. The smallest absolute Gasteiger partial charge is 0.343 e. The molecule has 0 aromatic heterocycles. The van der Waals surface area contributed by atoms with Gasteiger partial charge in [-0.05, 0) is 67.1 Å². The van der Waals surface area contributed by atoms with Crippen molar-refractivity contribution in [3.8, 4) is 11.5 Å². The Labute approximate surface area is 183 Å². The molecule has 6 nitrogen and oxygen atoms in total. The summed E-state index contributed by atoms with van der Waals surface area (Å²) in [5, 5.41) is 4.35. The summed E-state index contributed by atoms with van der Waals surface area (Å²) >= 11 is 5.83. The molecule has 3 rings (SSSR count). The SMILES string of the molecule is CCOc1cc(C=NNC(=O)c2ccccc2F)ccc1OC(=O)c1ccc(Cl)cc1. The van der Waals surface area contributed by atoms with Crippen molar-refractivity contribution in [1.82, 2.24) is 5.43 Å². The van der Waals surface area contributed by atoms with Crippen molar-refractivity contribution in [2.75, 3.05) is 6.61 Å². The molecule has 0 fully saturated rings. The lowest BCUT2D eigenvalue weighted by atomic mass is 10.2. The molecular formula is C23H18ClFN2O4. The van der Waals surface area contributed by atoms with E-state index in [9.17, 15) is 14.0 Å². The van der Waals surface area contributed by atoms with E-state index in [0.717, 1.165) is 0 Å². The molecule has 0 aliphatic rings. The van der Waals surface area contributed by atoms with Crippen LogP contribution in [0, 0.1) is 5.82 Å². The van der Waals surface area contributed by atoms with Crippen LogP contribution in [0.25, 0.3) is 0 Å². The summed E-state index contributed by atoms with van der Waals surface area (Å²) in [7, 11) is 0. The average Bonchev–Trinajstić information content (AvgIpc) is 2.76. The Bertz CT molecular complexity index is 1120. The van der Waals surface area contributed by atoms with Crippen LogP contribution >= 0.6 is 11.6 Å². The fourth-order valence-electron chi connectivity index (χ4n) is 2.57. The second-order valence-electron chi connectivity index (χ2n) is 6.21. The standard InChI is InChI=1S/C23H18ClFN2O4/c1-2-30-21-13-15(14-26-27-22(28)18-5-3-4-6-19(18)25)7-12-20(21)31-23(29)16-8-10-17(24)11-9-16/h3-14H,2H2,1H3,(H,27,28). The summed E-state index contributed by atoms with van der Waals surface area (Å²) in [6.07, 6.45) is 1.37. The van der Waals surface area contributed by atoms with Crippen LogP contribution in [0.2, 0.25) is 5.02 Å². The monoisotopic (exact) mass is 440 g/mol. The van der Waals surface area contributed by atoms with E-state index in [4.69, 9.17) is 21.1 Å². The number of benzene rings is 3. The van der Waals surface area contributed by atoms with Crippen molar-refractivity contribution in [3.63, 3.8) is 0 Å². The third-order valence-electron chi connectivity index (χ3n) is 4.05. The number of hydrazone groups is 1. The highest BCUT2D eigenvalue weighted by Crippen LogP contribution is 2.29. The first-order chi connectivity index (χ1) is 15.0. The molecule has 0 aliphatic carbocycles. The molecule has 0 heterocycles. The third-order valence-corrected chi connectivity index (χ3v) is 4.30. The van der Waals surface area contributed by atoms with Crippen LogP contribution in [0.3, 0.4) is 0 Å². The molecule has 0 unspecified atom stereocenters. The van der Waals surface area contributed by atoms with Gasteiger partial charge in [0.15, 0.2) is 11.5 Å². The zero-order valence-electron chi connectivity index (χ0n) is 16.5. The summed E-state index contributed by atoms with van der Waals surface area (Å²) in [5.41, 5.74) is 3.07. The third kappa shape index (κ3) is 5.90. The molecule has 1 amide bonds. The number of esters is 1. The number of rotatable bonds is 7. The van der Waals surface area contributed by atoms with Gasteiger partial charge in [0, 0.05) is 5.02 Å². The summed E-state index contributed by atoms with van der Waals surface area (Å²) in [6, 6.07) is 16.7. The summed E-state index contributed by atoms with van der Waals surface area (Å²) < 4.78 is 24.6. The van der Waals surface area contributed by atoms with Gasteiger partial charge in [0.25, 0.3) is 5.91 Å². The first-order valence-electron chi connectivity index (χ1n) is 9.30. The molecule has 3 aromatic rings. The molecule has 0 spiro atoms. The number of hydrogen-bond acceptors (Lipinski definition) is 5. The Balaban J connectivity index is 1.71. The van der Waals surface area contributed by atoms with Crippen LogP contribution in [-0.2, 0) is 0 Å². The van der Waals surface area contributed by atoms with Gasteiger partial charge in [-0.1, -0.05) is 23.7 Å². The van der Waals surface area contributed by atoms with Crippen molar-refractivity contribution in [2.45, 2.75) is 6.92 Å². The minimum absolute atomic E-state index is 0.112. The zero-order valence-corrected chi connectivity index (χ0v) is 17.2. The second kappa shape index (κ2) is 10.4. The highest BCUT2D eigenvalue weighted by atomic mass is 35.5. The van der Waals surface area contributed by atoms with Crippen molar-refractivity contribution in [3.05, 3.63) is 94.3 Å². The first kappa shape index (κ1) is 22.0. The van der Waals surface area contributed by atoms with Crippen molar-refractivity contribution < 1.29 is 23.5 Å². The highest BCUT2D eigenvalue weighted by molar-refractivity contribution is 6.30. The lowest BCUT2D eigenvalue weighted by molar-refractivity contribution is 0.0728. The van der Waals surface area contributed by atoms with Gasteiger partial charge >= 0.3 is 5.97 Å². The maximum Gasteiger partial charge on any atom is 0.343 e. The van der Waals surface area contributed by atoms with Crippen LogP contribution in [0.15, 0.2) is 71.8 Å². The van der Waals surface area contributed by atoms with E-state index in [1.807, 2.05) is 0 Å². The van der Waals surface area contributed by atoms with Crippen molar-refractivity contribution in [1.29, 1.82) is 0 Å². The number of halogens is 2. The average molecular weight is 441 g/mol. The van der Waals surface area contributed by atoms with E-state index in [1.54, 1.807) is 55.5 Å². The van der Waals surface area contributed by atoms with E-state index < -0.39 is 17.7 Å². The molecule has 0 aliphatic heterocycles. The van der Waals surface area contributed by atoms with Crippen LogP contribution in [-0.4, -0.2) is 24.7 Å². The number of hydrogen-bond donors (Lipinski definition) is 1. The molecule has 0 bridgehead atoms. The minimum Gasteiger partial charge on any atom is -0.490 e. The van der Waals surface area contributed by atoms with E-state index in [-0.39, 0.29) is 11.3 Å². The van der Waals surface area contributed by atoms with E-state index >= 15 is 0 Å². The number of nitrogens with one attached hydrogen (secondary N) is 1. The fraction of sp³-hybridized carbons (Fsp3) is 0.0870. The fourth-order valence-corrected chi connectivity index (χ4v) is 2.70. The molecule has 8 heteroatoms. The van der Waals surface area contributed by atoms with E-state index in [0.29, 0.717) is 28.5 Å². The summed E-state index contributed by atoms with van der Waals surface area (Å²) in [4.78, 5) is 24.4. The number of carbonyl (C=O) groups is 2. The lowest BCUT2D eigenvalue weighted by Crippen LogP contribution is -2.18. The van der Waals surface area contributed by atoms with Crippen molar-refractivity contribution >= 4 is 29.7 Å². The minimum atomic E-state index is -0.673. The Morgan fingerprint density at radius 1 is 1.06 bits per heavy atom. The van der Waals surface area contributed by atoms with Crippen LogP contribution in [0.5, 0.6) is 11.5 Å². The molecule has 31 heavy (non-hydrogen) atoms. The largest absolute Gasteiger partial charge is 0.490 e. The van der Waals surface area contributed by atoms with Crippen LogP contribution < -0.4 is 14.9 Å². The van der Waals surface area contributed by atoms with Crippen LogP contribution in [0.1, 0.15) is 33.2 Å². The van der Waals surface area contributed by atoms with Gasteiger partial charge < -0.3 is 9.47 Å². The zero-order chi connectivity index (χ0) is 22.2. The molecule has 0 radical (unpaired) electrons. The molecular weight excluding hydrogens is 423 g/mol. The number of ether oxygens (including phenoxy) is 2. The number of carbonyl (C=O) groups excluding carboxylic acids is 2. The quantitative estimate of drug-likeness (QED) is 0.246. The predicted octanol–water partition coefficient (Wildman–Crippen LogP) is 4.86. The molecule has 158 valence electrons. The first-order valence-corrected chi connectivity index (χ1v) is 9.68. The molecule has 0 saturated heterocycles. The van der Waals surface area contributed by atoms with Gasteiger partial charge in [-0.3, -0.25) is 4.79 Å². The van der Waals surface area contributed by atoms with Gasteiger partial charge in [0.2, 0.25) is 0 Å². The summed E-state index contributed by atoms with van der Waals surface area (Å²) in [5.74, 6) is -1.31. The number of nitrogens with zero attached hydrogens (tertiary/aromatic N) is 1. The topological polar surface area (TPSA) is 77.0 Å². The van der Waals surface area contributed by atoms with Gasteiger partial charge in [-0.2, -0.15) is 5.10 Å². The van der Waals surface area contributed by atoms with Crippen molar-refractivity contribution in [2.24, 2.45) is 5.10 Å². The highest BCUT2D eigenvalue weighted by Gasteiger charge is 2.13. The Morgan fingerprint density at radius 2 is 1.81 bits per heavy atom. The maximum absolute atomic E-state index is 13.6. The Kier molecular flexibility index (Phi) is 7.35. The molecule has 1 N–H and O–H groups in total.